The molecule has 2 amide bonds. The first-order valence-corrected chi connectivity index (χ1v) is 12.6. The lowest BCUT2D eigenvalue weighted by Gasteiger charge is -2.24. The van der Waals surface area contributed by atoms with Gasteiger partial charge >= 0.3 is 12.1 Å². The van der Waals surface area contributed by atoms with Gasteiger partial charge in [-0.2, -0.15) is 0 Å². The van der Waals surface area contributed by atoms with E-state index in [2.05, 4.69) is 34.9 Å². The quantitative estimate of drug-likeness (QED) is 0.471. The Hall–Kier alpha value is -3.35. The Kier molecular flexibility index (Phi) is 8.06. The number of amides is 2. The number of hydrogen-bond acceptors (Lipinski definition) is 4. The van der Waals surface area contributed by atoms with Crippen LogP contribution in [0.25, 0.3) is 11.1 Å². The summed E-state index contributed by atoms with van der Waals surface area (Å²) in [4.78, 5) is 36.9. The summed E-state index contributed by atoms with van der Waals surface area (Å²) in [6.07, 6.45) is 4.10. The summed E-state index contributed by atoms with van der Waals surface area (Å²) in [7, 11) is 0. The molecular weight excluding hydrogens is 444 g/mol. The maximum absolute atomic E-state index is 12.7. The predicted molar refractivity (Wildman–Crippen MR) is 133 cm³/mol. The van der Waals surface area contributed by atoms with Crippen molar-refractivity contribution in [1.82, 2.24) is 10.6 Å². The highest BCUT2D eigenvalue weighted by Gasteiger charge is 2.32. The summed E-state index contributed by atoms with van der Waals surface area (Å²) in [6, 6.07) is 15.6. The standard InChI is InChI=1S/C28H34N2O5/c1-2-18(16-26(31)30-25-15-5-3-4-14-23(25)27(32)33)29-28(34)35-17-24-21-12-8-6-10-19(21)20-11-7-9-13-22(20)24/h6-13,18,23-25H,2-5,14-17H2,1H3,(H,29,34)(H,30,31)(H,32,33). The van der Waals surface area contributed by atoms with Crippen molar-refractivity contribution in [2.45, 2.75) is 69.9 Å². The van der Waals surface area contributed by atoms with Crippen molar-refractivity contribution in [2.24, 2.45) is 5.92 Å². The summed E-state index contributed by atoms with van der Waals surface area (Å²) < 4.78 is 5.61. The number of hydrogen-bond donors (Lipinski definition) is 3. The Morgan fingerprint density at radius 1 is 0.971 bits per heavy atom. The van der Waals surface area contributed by atoms with Crippen molar-refractivity contribution in [3.8, 4) is 11.1 Å². The van der Waals surface area contributed by atoms with Gasteiger partial charge in [-0.05, 0) is 41.5 Å². The van der Waals surface area contributed by atoms with E-state index in [-0.39, 0.29) is 36.9 Å². The van der Waals surface area contributed by atoms with E-state index in [1.54, 1.807) is 0 Å². The van der Waals surface area contributed by atoms with Gasteiger partial charge in [-0.25, -0.2) is 4.79 Å². The Labute approximate surface area is 206 Å². The van der Waals surface area contributed by atoms with E-state index in [0.717, 1.165) is 30.4 Å². The van der Waals surface area contributed by atoms with Crippen molar-refractivity contribution < 1.29 is 24.2 Å². The second-order valence-corrected chi connectivity index (χ2v) is 9.54. The van der Waals surface area contributed by atoms with E-state index in [1.807, 2.05) is 31.2 Å². The van der Waals surface area contributed by atoms with Crippen LogP contribution in [0.3, 0.4) is 0 Å². The lowest BCUT2D eigenvalue weighted by Crippen LogP contribution is -2.45. The first-order chi connectivity index (χ1) is 17.0. The molecule has 2 aliphatic rings. The van der Waals surface area contributed by atoms with Gasteiger partial charge in [0.2, 0.25) is 5.91 Å². The zero-order valence-corrected chi connectivity index (χ0v) is 20.2. The molecule has 0 spiro atoms. The monoisotopic (exact) mass is 478 g/mol. The SMILES string of the molecule is CCC(CC(=O)NC1CCCCCC1C(=O)O)NC(=O)OCC1c2ccccc2-c2ccccc21. The van der Waals surface area contributed by atoms with E-state index >= 15 is 0 Å². The fourth-order valence-corrected chi connectivity index (χ4v) is 5.37. The zero-order valence-electron chi connectivity index (χ0n) is 20.2. The molecule has 35 heavy (non-hydrogen) atoms. The summed E-state index contributed by atoms with van der Waals surface area (Å²) in [5.74, 6) is -1.69. The molecule has 0 heterocycles. The normalized spacial score (nSPS) is 20.1. The number of carboxylic acid groups (broad SMARTS) is 1. The minimum absolute atomic E-state index is 0.0280. The predicted octanol–water partition coefficient (Wildman–Crippen LogP) is 4.84. The van der Waals surface area contributed by atoms with E-state index in [0.29, 0.717) is 19.3 Å². The summed E-state index contributed by atoms with van der Waals surface area (Å²) in [5.41, 5.74) is 4.62. The van der Waals surface area contributed by atoms with E-state index in [1.165, 1.54) is 11.1 Å². The number of carbonyl (C=O) groups is 3. The smallest absolute Gasteiger partial charge is 0.407 e. The second-order valence-electron chi connectivity index (χ2n) is 9.54. The molecule has 3 unspecified atom stereocenters. The fourth-order valence-electron chi connectivity index (χ4n) is 5.37. The molecule has 0 saturated heterocycles. The highest BCUT2D eigenvalue weighted by Crippen LogP contribution is 2.44. The number of carboxylic acids is 1. The van der Waals surface area contributed by atoms with Crippen molar-refractivity contribution >= 4 is 18.0 Å². The molecule has 4 rings (SSSR count). The van der Waals surface area contributed by atoms with Gasteiger partial charge < -0.3 is 20.5 Å². The van der Waals surface area contributed by atoms with Gasteiger partial charge in [-0.3, -0.25) is 9.59 Å². The van der Waals surface area contributed by atoms with Gasteiger partial charge in [0.1, 0.15) is 6.61 Å². The van der Waals surface area contributed by atoms with Gasteiger partial charge in [0.15, 0.2) is 0 Å². The molecule has 3 N–H and O–H groups in total. The second kappa shape index (κ2) is 11.4. The van der Waals surface area contributed by atoms with Crippen LogP contribution in [0.2, 0.25) is 0 Å². The molecule has 186 valence electrons. The van der Waals surface area contributed by atoms with Crippen molar-refractivity contribution in [3.63, 3.8) is 0 Å². The maximum Gasteiger partial charge on any atom is 0.407 e. The van der Waals surface area contributed by atoms with Crippen LogP contribution in [-0.4, -0.2) is 41.8 Å². The van der Waals surface area contributed by atoms with Gasteiger partial charge in [0, 0.05) is 24.4 Å². The van der Waals surface area contributed by atoms with Gasteiger partial charge in [0.05, 0.1) is 5.92 Å². The fraction of sp³-hybridized carbons (Fsp3) is 0.464. The van der Waals surface area contributed by atoms with Crippen LogP contribution < -0.4 is 10.6 Å². The van der Waals surface area contributed by atoms with Crippen LogP contribution in [0.5, 0.6) is 0 Å². The third-order valence-corrected chi connectivity index (χ3v) is 7.27. The van der Waals surface area contributed by atoms with Crippen molar-refractivity contribution in [1.29, 1.82) is 0 Å². The van der Waals surface area contributed by atoms with Gasteiger partial charge in [-0.1, -0.05) is 74.7 Å². The molecule has 2 aliphatic carbocycles. The Bertz CT molecular complexity index is 1020. The summed E-state index contributed by atoms with van der Waals surface area (Å²) >= 11 is 0. The van der Waals surface area contributed by atoms with Crippen LogP contribution in [0.4, 0.5) is 4.79 Å². The van der Waals surface area contributed by atoms with Crippen LogP contribution in [0.15, 0.2) is 48.5 Å². The molecule has 0 bridgehead atoms. The van der Waals surface area contributed by atoms with Crippen LogP contribution in [-0.2, 0) is 14.3 Å². The average molecular weight is 479 g/mol. The number of benzene rings is 2. The lowest BCUT2D eigenvalue weighted by atomic mass is 9.94. The molecule has 2 aromatic rings. The van der Waals surface area contributed by atoms with Crippen LogP contribution >= 0.6 is 0 Å². The maximum atomic E-state index is 12.7. The van der Waals surface area contributed by atoms with Crippen molar-refractivity contribution in [3.05, 3.63) is 59.7 Å². The molecule has 1 fully saturated rings. The highest BCUT2D eigenvalue weighted by molar-refractivity contribution is 5.80. The number of rotatable bonds is 8. The summed E-state index contributed by atoms with van der Waals surface area (Å²) in [6.45, 7) is 2.11. The number of ether oxygens (including phenoxy) is 1. The van der Waals surface area contributed by atoms with Crippen LogP contribution in [0, 0.1) is 5.92 Å². The molecule has 7 heteroatoms. The van der Waals surface area contributed by atoms with Gasteiger partial charge in [0.25, 0.3) is 0 Å². The third kappa shape index (κ3) is 5.84. The molecule has 3 atom stereocenters. The summed E-state index contributed by atoms with van der Waals surface area (Å²) in [5, 5.41) is 15.3. The number of carbonyl (C=O) groups excluding carboxylic acids is 2. The van der Waals surface area contributed by atoms with Crippen molar-refractivity contribution in [2.75, 3.05) is 6.61 Å². The largest absolute Gasteiger partial charge is 0.481 e. The third-order valence-electron chi connectivity index (χ3n) is 7.27. The first kappa shape index (κ1) is 24.8. The molecular formula is C28H34N2O5. The molecule has 7 nitrogen and oxygen atoms in total. The van der Waals surface area contributed by atoms with E-state index < -0.39 is 18.0 Å². The molecule has 0 aromatic heterocycles. The Morgan fingerprint density at radius 2 is 1.60 bits per heavy atom. The molecule has 0 radical (unpaired) electrons. The Morgan fingerprint density at radius 3 is 2.23 bits per heavy atom. The first-order valence-electron chi connectivity index (χ1n) is 12.6. The molecule has 1 saturated carbocycles. The molecule has 0 aliphatic heterocycles. The topological polar surface area (TPSA) is 105 Å². The minimum Gasteiger partial charge on any atom is -0.481 e. The van der Waals surface area contributed by atoms with Gasteiger partial charge in [-0.15, -0.1) is 0 Å². The Balaban J connectivity index is 1.31. The minimum atomic E-state index is -0.860. The van der Waals surface area contributed by atoms with Crippen LogP contribution in [0.1, 0.15) is 68.9 Å². The number of alkyl carbamates (subject to hydrolysis) is 1. The number of nitrogens with one attached hydrogen (secondary N) is 2. The molecule has 2 aromatic carbocycles. The lowest BCUT2D eigenvalue weighted by molar-refractivity contribution is -0.143. The highest BCUT2D eigenvalue weighted by atomic mass is 16.5. The van der Waals surface area contributed by atoms with E-state index in [9.17, 15) is 19.5 Å². The average Bonchev–Trinajstić information content (AvgIpc) is 2.98. The number of fused-ring (bicyclic) bond motifs is 3. The number of aliphatic carboxylic acids is 1. The zero-order chi connectivity index (χ0) is 24.8. The van der Waals surface area contributed by atoms with E-state index in [4.69, 9.17) is 4.74 Å².